The van der Waals surface area contributed by atoms with E-state index in [4.69, 9.17) is 15.9 Å². The molecule has 0 amide bonds. The van der Waals surface area contributed by atoms with Crippen LogP contribution < -0.4 is 5.73 Å². The highest BCUT2D eigenvalue weighted by atomic mass is 16.4. The Bertz CT molecular complexity index is 184. The monoisotopic (exact) mass is 145 g/mol. The number of ketones is 1. The van der Waals surface area contributed by atoms with Crippen molar-refractivity contribution in [3.8, 4) is 0 Å². The average Bonchev–Trinajstić information content (AvgIpc) is 1.84. The highest BCUT2D eigenvalue weighted by Gasteiger charge is 2.12. The number of carbonyl (C=O) groups excluding carboxylic acids is 1. The molecule has 0 spiro atoms. The van der Waals surface area contributed by atoms with Crippen LogP contribution in [0.5, 0.6) is 0 Å². The molecule has 56 valence electrons. The van der Waals surface area contributed by atoms with Crippen molar-refractivity contribution in [2.45, 2.75) is 6.92 Å². The first-order valence-electron chi connectivity index (χ1n) is 2.39. The zero-order chi connectivity index (χ0) is 8.31. The molecule has 0 aromatic carbocycles. The molecule has 0 aromatic heterocycles. The van der Waals surface area contributed by atoms with E-state index in [-0.39, 0.29) is 0 Å². The molecule has 5 heteroatoms. The number of Topliss-reactive ketones (excluding diaryl/α,β-unsaturated/α-hetero) is 1. The van der Waals surface area contributed by atoms with Gasteiger partial charge in [0.25, 0.3) is 0 Å². The average molecular weight is 145 g/mol. The highest BCUT2D eigenvalue weighted by molar-refractivity contribution is 5.99. The Hall–Kier alpha value is -1.52. The minimum atomic E-state index is -1.60. The van der Waals surface area contributed by atoms with E-state index >= 15 is 0 Å². The molecular formula is C5H7NO4. The van der Waals surface area contributed by atoms with Crippen molar-refractivity contribution in [3.05, 3.63) is 11.5 Å². The quantitative estimate of drug-likeness (QED) is 0.355. The third kappa shape index (κ3) is 1.77. The summed E-state index contributed by atoms with van der Waals surface area (Å²) in [5.74, 6) is -3.37. The van der Waals surface area contributed by atoms with Crippen LogP contribution in [-0.4, -0.2) is 22.0 Å². The van der Waals surface area contributed by atoms with E-state index < -0.39 is 23.2 Å². The first kappa shape index (κ1) is 8.48. The lowest BCUT2D eigenvalue weighted by molar-refractivity contribution is -0.136. The minimum Gasteiger partial charge on any atom is -0.500 e. The normalized spacial score (nSPS) is 12.1. The summed E-state index contributed by atoms with van der Waals surface area (Å²) in [5, 5.41) is 16.6. The van der Waals surface area contributed by atoms with Crippen LogP contribution in [0, 0.1) is 0 Å². The fourth-order valence-corrected chi connectivity index (χ4v) is 0.282. The van der Waals surface area contributed by atoms with Gasteiger partial charge in [-0.15, -0.1) is 0 Å². The number of carboxylic acids is 1. The second kappa shape index (κ2) is 2.86. The van der Waals surface area contributed by atoms with Crippen LogP contribution in [0.2, 0.25) is 0 Å². The summed E-state index contributed by atoms with van der Waals surface area (Å²) < 4.78 is 0. The van der Waals surface area contributed by atoms with E-state index in [0.717, 1.165) is 6.92 Å². The van der Waals surface area contributed by atoms with Gasteiger partial charge in [0.05, 0.1) is 0 Å². The molecular weight excluding hydrogens is 138 g/mol. The molecule has 0 unspecified atom stereocenters. The number of carbonyl (C=O) groups is 2. The maximum atomic E-state index is 10.3. The van der Waals surface area contributed by atoms with Crippen molar-refractivity contribution < 1.29 is 19.8 Å². The van der Waals surface area contributed by atoms with Gasteiger partial charge in [-0.05, 0) is 0 Å². The van der Waals surface area contributed by atoms with Crippen molar-refractivity contribution in [2.75, 3.05) is 0 Å². The van der Waals surface area contributed by atoms with Gasteiger partial charge < -0.3 is 15.9 Å². The molecule has 0 aliphatic rings. The Balaban J connectivity index is 4.67. The molecule has 0 aliphatic carbocycles. The standard InChI is InChI=1S/C5H7NO4/c1-2(7)3(6)4(8)5(9)10/h8H,6H2,1H3,(H,9,10). The number of rotatable bonds is 2. The Labute approximate surface area is 56.8 Å². The Morgan fingerprint density at radius 2 is 1.70 bits per heavy atom. The van der Waals surface area contributed by atoms with Crippen LogP contribution >= 0.6 is 0 Å². The smallest absolute Gasteiger partial charge is 0.373 e. The molecule has 0 heterocycles. The Morgan fingerprint density at radius 3 is 1.80 bits per heavy atom. The van der Waals surface area contributed by atoms with Crippen LogP contribution in [-0.2, 0) is 9.59 Å². The van der Waals surface area contributed by atoms with Gasteiger partial charge in [-0.25, -0.2) is 4.79 Å². The van der Waals surface area contributed by atoms with Crippen molar-refractivity contribution in [3.63, 3.8) is 0 Å². The summed E-state index contributed by atoms with van der Waals surface area (Å²) in [6, 6.07) is 0. The van der Waals surface area contributed by atoms with Crippen molar-refractivity contribution >= 4 is 11.8 Å². The molecule has 0 bridgehead atoms. The van der Waals surface area contributed by atoms with Gasteiger partial charge in [-0.3, -0.25) is 4.79 Å². The lowest BCUT2D eigenvalue weighted by Crippen LogP contribution is -2.15. The van der Waals surface area contributed by atoms with Gasteiger partial charge in [0.15, 0.2) is 5.78 Å². The number of aliphatic hydroxyl groups excluding tert-OH is 1. The van der Waals surface area contributed by atoms with E-state index in [1.165, 1.54) is 0 Å². The number of allylic oxidation sites excluding steroid dienone is 1. The van der Waals surface area contributed by atoms with Crippen LogP contribution in [0.1, 0.15) is 6.92 Å². The number of aliphatic carboxylic acids is 1. The van der Waals surface area contributed by atoms with Gasteiger partial charge in [-0.2, -0.15) is 0 Å². The molecule has 0 fully saturated rings. The van der Waals surface area contributed by atoms with Crippen molar-refractivity contribution in [1.29, 1.82) is 0 Å². The largest absolute Gasteiger partial charge is 0.500 e. The Kier molecular flexibility index (Phi) is 2.43. The maximum Gasteiger partial charge on any atom is 0.373 e. The van der Waals surface area contributed by atoms with E-state index in [9.17, 15) is 9.59 Å². The molecule has 0 saturated heterocycles. The van der Waals surface area contributed by atoms with Gasteiger partial charge in [-0.1, -0.05) is 0 Å². The third-order valence-corrected chi connectivity index (χ3v) is 0.837. The third-order valence-electron chi connectivity index (χ3n) is 0.837. The summed E-state index contributed by atoms with van der Waals surface area (Å²) >= 11 is 0. The lowest BCUT2D eigenvalue weighted by Gasteiger charge is -1.95. The van der Waals surface area contributed by atoms with E-state index in [2.05, 4.69) is 0 Å². The fraction of sp³-hybridized carbons (Fsp3) is 0.200. The van der Waals surface area contributed by atoms with Crippen LogP contribution in [0.25, 0.3) is 0 Å². The van der Waals surface area contributed by atoms with Gasteiger partial charge in [0.2, 0.25) is 5.76 Å². The highest BCUT2D eigenvalue weighted by Crippen LogP contribution is 1.94. The molecule has 0 atom stereocenters. The molecule has 5 nitrogen and oxygen atoms in total. The number of nitrogens with two attached hydrogens (primary N) is 1. The summed E-state index contributed by atoms with van der Waals surface area (Å²) in [7, 11) is 0. The number of hydrogen-bond acceptors (Lipinski definition) is 4. The molecule has 0 aromatic rings. The predicted molar refractivity (Wildman–Crippen MR) is 32.2 cm³/mol. The van der Waals surface area contributed by atoms with Gasteiger partial charge in [0, 0.05) is 6.92 Å². The van der Waals surface area contributed by atoms with E-state index in [1.54, 1.807) is 0 Å². The lowest BCUT2D eigenvalue weighted by atomic mass is 10.3. The fourth-order valence-electron chi connectivity index (χ4n) is 0.282. The topological polar surface area (TPSA) is 101 Å². The van der Waals surface area contributed by atoms with Crippen molar-refractivity contribution in [2.24, 2.45) is 5.73 Å². The van der Waals surface area contributed by atoms with E-state index in [1.807, 2.05) is 0 Å². The predicted octanol–water partition coefficient (Wildman–Crippen LogP) is -0.612. The first-order valence-corrected chi connectivity index (χ1v) is 2.39. The van der Waals surface area contributed by atoms with Crippen LogP contribution in [0.3, 0.4) is 0 Å². The second-order valence-electron chi connectivity index (χ2n) is 1.62. The zero-order valence-corrected chi connectivity index (χ0v) is 5.29. The molecule has 0 radical (unpaired) electrons. The number of carboxylic acid groups (broad SMARTS) is 1. The van der Waals surface area contributed by atoms with E-state index in [0.29, 0.717) is 0 Å². The van der Waals surface area contributed by atoms with Crippen molar-refractivity contribution in [1.82, 2.24) is 0 Å². The summed E-state index contributed by atoms with van der Waals surface area (Å²) in [5.41, 5.74) is 4.23. The first-order chi connectivity index (χ1) is 4.46. The zero-order valence-electron chi connectivity index (χ0n) is 5.29. The molecule has 0 rings (SSSR count). The van der Waals surface area contributed by atoms with Crippen LogP contribution in [0.4, 0.5) is 0 Å². The number of hydrogen-bond donors (Lipinski definition) is 3. The molecule has 0 aliphatic heterocycles. The maximum absolute atomic E-state index is 10.3. The second-order valence-corrected chi connectivity index (χ2v) is 1.62. The summed E-state index contributed by atoms with van der Waals surface area (Å²) in [4.78, 5) is 20.2. The summed E-state index contributed by atoms with van der Waals surface area (Å²) in [6.45, 7) is 1.06. The van der Waals surface area contributed by atoms with Gasteiger partial charge in [0.1, 0.15) is 5.70 Å². The summed E-state index contributed by atoms with van der Waals surface area (Å²) in [6.07, 6.45) is 0. The molecule has 10 heavy (non-hydrogen) atoms. The number of aliphatic hydroxyl groups is 1. The van der Waals surface area contributed by atoms with Gasteiger partial charge >= 0.3 is 5.97 Å². The Morgan fingerprint density at radius 1 is 1.30 bits per heavy atom. The SMILES string of the molecule is CC(=O)C(N)=C(O)C(=O)O. The van der Waals surface area contributed by atoms with Crippen LogP contribution in [0.15, 0.2) is 11.5 Å². The molecule has 0 saturated carbocycles. The minimum absolute atomic E-state index is 0.632. The molecule has 4 N–H and O–H groups in total.